The van der Waals surface area contributed by atoms with Crippen LogP contribution in [0.15, 0.2) is 54.6 Å². The Bertz CT molecular complexity index is 785. The molecule has 1 heterocycles. The van der Waals surface area contributed by atoms with E-state index >= 15 is 0 Å². The van der Waals surface area contributed by atoms with Crippen molar-refractivity contribution in [1.29, 1.82) is 0 Å². The number of rotatable bonds is 2. The first-order valence-corrected chi connectivity index (χ1v) is 6.60. The molecule has 0 fully saturated rings. The minimum Gasteiger partial charge on any atom is -0.384 e. The van der Waals surface area contributed by atoms with E-state index in [2.05, 4.69) is 9.97 Å². The fraction of sp³-hybridized carbons (Fsp3) is 0.0588. The molecule has 0 aliphatic heterocycles. The summed E-state index contributed by atoms with van der Waals surface area (Å²) in [6.07, 6.45) is 0. The Labute approximate surface area is 122 Å². The van der Waals surface area contributed by atoms with Gasteiger partial charge < -0.3 is 5.73 Å². The van der Waals surface area contributed by atoms with Crippen LogP contribution in [0.2, 0.25) is 0 Å². The number of anilines is 1. The summed E-state index contributed by atoms with van der Waals surface area (Å²) in [4.78, 5) is 8.67. The fourth-order valence-electron chi connectivity index (χ4n) is 2.16. The van der Waals surface area contributed by atoms with Gasteiger partial charge in [0.2, 0.25) is 0 Å². The Balaban J connectivity index is 2.16. The van der Waals surface area contributed by atoms with Crippen LogP contribution in [0.1, 0.15) is 5.56 Å². The van der Waals surface area contributed by atoms with Gasteiger partial charge in [0.1, 0.15) is 11.6 Å². The lowest BCUT2D eigenvalue weighted by molar-refractivity contribution is 0.630. The van der Waals surface area contributed by atoms with Crippen molar-refractivity contribution in [2.45, 2.75) is 6.92 Å². The third kappa shape index (κ3) is 2.74. The normalized spacial score (nSPS) is 10.6. The molecule has 2 aromatic carbocycles. The van der Waals surface area contributed by atoms with Gasteiger partial charge in [-0.3, -0.25) is 0 Å². The van der Waals surface area contributed by atoms with Gasteiger partial charge in [-0.25, -0.2) is 14.4 Å². The van der Waals surface area contributed by atoms with E-state index in [1.807, 2.05) is 37.3 Å². The number of benzene rings is 2. The number of nitrogens with two attached hydrogens (primary N) is 1. The lowest BCUT2D eigenvalue weighted by Gasteiger charge is -2.08. The number of nitrogen functional groups attached to an aromatic ring is 1. The molecule has 1 aromatic heterocycles. The zero-order valence-corrected chi connectivity index (χ0v) is 11.5. The first kappa shape index (κ1) is 13.2. The average molecular weight is 279 g/mol. The highest BCUT2D eigenvalue weighted by atomic mass is 19.1. The monoisotopic (exact) mass is 279 g/mol. The van der Waals surface area contributed by atoms with Crippen LogP contribution in [0.4, 0.5) is 10.2 Å². The van der Waals surface area contributed by atoms with Crippen molar-refractivity contribution in [3.05, 3.63) is 66.0 Å². The van der Waals surface area contributed by atoms with Gasteiger partial charge in [0.25, 0.3) is 0 Å². The third-order valence-electron chi connectivity index (χ3n) is 3.18. The molecule has 3 aromatic rings. The first-order chi connectivity index (χ1) is 10.1. The van der Waals surface area contributed by atoms with Gasteiger partial charge in [-0.2, -0.15) is 0 Å². The molecule has 0 amide bonds. The number of hydrogen-bond donors (Lipinski definition) is 1. The van der Waals surface area contributed by atoms with E-state index in [1.165, 1.54) is 6.07 Å². The first-order valence-electron chi connectivity index (χ1n) is 6.60. The average Bonchev–Trinajstić information content (AvgIpc) is 2.50. The lowest BCUT2D eigenvalue weighted by atomic mass is 10.1. The van der Waals surface area contributed by atoms with Crippen LogP contribution in [-0.2, 0) is 0 Å². The van der Waals surface area contributed by atoms with Gasteiger partial charge in [-0.05, 0) is 19.1 Å². The Morgan fingerprint density at radius 1 is 0.952 bits per heavy atom. The maximum Gasteiger partial charge on any atom is 0.162 e. The minimum absolute atomic E-state index is 0.319. The zero-order valence-electron chi connectivity index (χ0n) is 11.5. The van der Waals surface area contributed by atoms with Gasteiger partial charge in [-0.15, -0.1) is 0 Å². The van der Waals surface area contributed by atoms with E-state index in [-0.39, 0.29) is 5.82 Å². The van der Waals surface area contributed by atoms with Gasteiger partial charge in [0.05, 0.1) is 5.69 Å². The molecule has 0 atom stereocenters. The van der Waals surface area contributed by atoms with E-state index in [4.69, 9.17) is 5.73 Å². The number of nitrogens with zero attached hydrogens (tertiary/aromatic N) is 2. The van der Waals surface area contributed by atoms with E-state index in [0.29, 0.717) is 22.9 Å². The molecule has 104 valence electrons. The molecule has 0 bridgehead atoms. The molecule has 0 spiro atoms. The van der Waals surface area contributed by atoms with Crippen molar-refractivity contribution in [2.24, 2.45) is 0 Å². The van der Waals surface area contributed by atoms with Crippen LogP contribution in [0.5, 0.6) is 0 Å². The van der Waals surface area contributed by atoms with Crippen LogP contribution < -0.4 is 5.73 Å². The summed E-state index contributed by atoms with van der Waals surface area (Å²) in [5, 5.41) is 0. The smallest absolute Gasteiger partial charge is 0.162 e. The van der Waals surface area contributed by atoms with Crippen LogP contribution in [0.25, 0.3) is 22.6 Å². The Kier molecular flexibility index (Phi) is 3.36. The van der Waals surface area contributed by atoms with Crippen LogP contribution >= 0.6 is 0 Å². The maximum absolute atomic E-state index is 14.0. The molecular formula is C17H14FN3. The molecule has 0 aliphatic rings. The molecule has 4 heteroatoms. The van der Waals surface area contributed by atoms with Crippen molar-refractivity contribution in [1.82, 2.24) is 9.97 Å². The van der Waals surface area contributed by atoms with E-state index in [9.17, 15) is 4.39 Å². The number of hydrogen-bond acceptors (Lipinski definition) is 3. The highest BCUT2D eigenvalue weighted by molar-refractivity contribution is 5.67. The summed E-state index contributed by atoms with van der Waals surface area (Å²) in [5.41, 5.74) is 8.58. The van der Waals surface area contributed by atoms with Crippen molar-refractivity contribution in [2.75, 3.05) is 5.73 Å². The third-order valence-corrected chi connectivity index (χ3v) is 3.18. The molecule has 2 N–H and O–H groups in total. The second-order valence-corrected chi connectivity index (χ2v) is 4.85. The zero-order chi connectivity index (χ0) is 14.8. The predicted molar refractivity (Wildman–Crippen MR) is 82.0 cm³/mol. The van der Waals surface area contributed by atoms with Crippen molar-refractivity contribution < 1.29 is 4.39 Å². The van der Waals surface area contributed by atoms with Gasteiger partial charge in [-0.1, -0.05) is 42.0 Å². The van der Waals surface area contributed by atoms with Crippen molar-refractivity contribution in [3.63, 3.8) is 0 Å². The van der Waals surface area contributed by atoms with Crippen molar-refractivity contribution in [3.8, 4) is 22.6 Å². The summed E-state index contributed by atoms with van der Waals surface area (Å²) in [6, 6.07) is 16.0. The minimum atomic E-state index is -0.322. The Morgan fingerprint density at radius 3 is 2.48 bits per heavy atom. The quantitative estimate of drug-likeness (QED) is 0.775. The summed E-state index contributed by atoms with van der Waals surface area (Å²) >= 11 is 0. The fourth-order valence-corrected chi connectivity index (χ4v) is 2.16. The second kappa shape index (κ2) is 5.32. The van der Waals surface area contributed by atoms with Crippen LogP contribution in [-0.4, -0.2) is 9.97 Å². The van der Waals surface area contributed by atoms with E-state index in [1.54, 1.807) is 18.2 Å². The molecular weight excluding hydrogens is 265 g/mol. The van der Waals surface area contributed by atoms with Gasteiger partial charge in [0.15, 0.2) is 5.82 Å². The van der Waals surface area contributed by atoms with Gasteiger partial charge >= 0.3 is 0 Å². The maximum atomic E-state index is 14.0. The summed E-state index contributed by atoms with van der Waals surface area (Å²) in [5.74, 6) is 0.490. The number of aryl methyl sites for hydroxylation is 1. The molecule has 0 saturated carbocycles. The highest BCUT2D eigenvalue weighted by Gasteiger charge is 2.11. The van der Waals surface area contributed by atoms with E-state index in [0.717, 1.165) is 11.1 Å². The topological polar surface area (TPSA) is 51.8 Å². The highest BCUT2D eigenvalue weighted by Crippen LogP contribution is 2.26. The van der Waals surface area contributed by atoms with Crippen molar-refractivity contribution >= 4 is 5.82 Å². The number of halogens is 1. The molecule has 0 unspecified atom stereocenters. The Morgan fingerprint density at radius 2 is 1.71 bits per heavy atom. The number of aromatic nitrogens is 2. The Hall–Kier alpha value is -2.75. The molecule has 3 nitrogen and oxygen atoms in total. The standard InChI is InChI=1S/C17H14FN3/c1-11-7-8-14(18)13(9-11)15-10-16(19)21-17(20-15)12-5-3-2-4-6-12/h2-10H,1H3,(H2,19,20,21). The lowest BCUT2D eigenvalue weighted by Crippen LogP contribution is -1.99. The van der Waals surface area contributed by atoms with E-state index < -0.39 is 0 Å². The van der Waals surface area contributed by atoms with Crippen LogP contribution in [0.3, 0.4) is 0 Å². The summed E-state index contributed by atoms with van der Waals surface area (Å²) in [6.45, 7) is 1.91. The summed E-state index contributed by atoms with van der Waals surface area (Å²) < 4.78 is 14.0. The largest absolute Gasteiger partial charge is 0.384 e. The molecule has 21 heavy (non-hydrogen) atoms. The van der Waals surface area contributed by atoms with Gasteiger partial charge in [0, 0.05) is 17.2 Å². The molecule has 0 saturated heterocycles. The molecule has 0 aliphatic carbocycles. The molecule has 0 radical (unpaired) electrons. The second-order valence-electron chi connectivity index (χ2n) is 4.85. The SMILES string of the molecule is Cc1ccc(F)c(-c2cc(N)nc(-c3ccccc3)n2)c1. The predicted octanol–water partition coefficient (Wildman–Crippen LogP) is 3.84. The van der Waals surface area contributed by atoms with Crippen LogP contribution in [0, 0.1) is 12.7 Å². The molecule has 3 rings (SSSR count). The summed E-state index contributed by atoms with van der Waals surface area (Å²) in [7, 11) is 0.